The third kappa shape index (κ3) is 4.68. The van der Waals surface area contributed by atoms with Gasteiger partial charge in [0.25, 0.3) is 5.79 Å². The molecule has 1 heterocycles. The van der Waals surface area contributed by atoms with Gasteiger partial charge < -0.3 is 19.9 Å². The molecule has 2 atom stereocenters. The van der Waals surface area contributed by atoms with Crippen molar-refractivity contribution in [2.24, 2.45) is 11.3 Å². The molecule has 152 valence electrons. The van der Waals surface area contributed by atoms with Crippen LogP contribution in [0.2, 0.25) is 0 Å². The van der Waals surface area contributed by atoms with Crippen molar-refractivity contribution >= 4 is 23.8 Å². The molecule has 2 rings (SSSR count). The SMILES string of the molecule is CC1(C)OC(=O)C(C(=O)C(NC(=O)O)[C@@H](c2ccccc2)C(C)(C)C)C(=O)O1. The van der Waals surface area contributed by atoms with Crippen molar-refractivity contribution in [3.63, 3.8) is 0 Å². The molecule has 2 N–H and O–H groups in total. The van der Waals surface area contributed by atoms with E-state index in [1.54, 1.807) is 30.3 Å². The van der Waals surface area contributed by atoms with Crippen LogP contribution in [-0.2, 0) is 23.9 Å². The van der Waals surface area contributed by atoms with E-state index in [-0.39, 0.29) is 0 Å². The Morgan fingerprint density at radius 2 is 1.57 bits per heavy atom. The van der Waals surface area contributed by atoms with E-state index in [0.29, 0.717) is 5.56 Å². The Labute approximate surface area is 163 Å². The first-order chi connectivity index (χ1) is 12.8. The molecule has 1 aromatic carbocycles. The number of carboxylic acid groups (broad SMARTS) is 1. The van der Waals surface area contributed by atoms with E-state index < -0.39 is 52.9 Å². The molecule has 1 saturated heterocycles. The fraction of sp³-hybridized carbons (Fsp3) is 0.500. The Bertz CT molecular complexity index is 759. The van der Waals surface area contributed by atoms with Crippen molar-refractivity contribution < 1.29 is 33.8 Å². The molecule has 0 spiro atoms. The summed E-state index contributed by atoms with van der Waals surface area (Å²) in [5.41, 5.74) is 0.117. The average Bonchev–Trinajstić information content (AvgIpc) is 2.51. The number of cyclic esters (lactones) is 2. The smallest absolute Gasteiger partial charge is 0.405 e. The van der Waals surface area contributed by atoms with Gasteiger partial charge in [-0.15, -0.1) is 0 Å². The zero-order valence-electron chi connectivity index (χ0n) is 16.5. The second-order valence-electron chi connectivity index (χ2n) is 8.26. The highest BCUT2D eigenvalue weighted by Crippen LogP contribution is 2.39. The molecule has 1 aliphatic rings. The third-order valence-electron chi connectivity index (χ3n) is 4.46. The molecule has 0 bridgehead atoms. The largest absolute Gasteiger partial charge is 0.465 e. The number of amides is 1. The number of rotatable bonds is 5. The molecular weight excluding hydrogens is 366 g/mol. The van der Waals surface area contributed by atoms with E-state index in [4.69, 9.17) is 9.47 Å². The second-order valence-corrected chi connectivity index (χ2v) is 8.26. The van der Waals surface area contributed by atoms with Crippen molar-refractivity contribution in [2.75, 3.05) is 0 Å². The predicted octanol–water partition coefficient (Wildman–Crippen LogP) is 2.47. The van der Waals surface area contributed by atoms with E-state index in [2.05, 4.69) is 5.32 Å². The topological polar surface area (TPSA) is 119 Å². The lowest BCUT2D eigenvalue weighted by molar-refractivity contribution is -0.238. The maximum atomic E-state index is 13.2. The van der Waals surface area contributed by atoms with Gasteiger partial charge in [0.2, 0.25) is 5.92 Å². The summed E-state index contributed by atoms with van der Waals surface area (Å²) in [4.78, 5) is 49.3. The molecule has 28 heavy (non-hydrogen) atoms. The number of benzene rings is 1. The number of hydrogen-bond acceptors (Lipinski definition) is 6. The molecule has 1 aromatic rings. The van der Waals surface area contributed by atoms with Gasteiger partial charge in [-0.25, -0.2) is 4.79 Å². The summed E-state index contributed by atoms with van der Waals surface area (Å²) in [6.45, 7) is 8.27. The minimum atomic E-state index is -1.85. The summed E-state index contributed by atoms with van der Waals surface area (Å²) in [5, 5.41) is 11.5. The van der Waals surface area contributed by atoms with Crippen LogP contribution in [0.15, 0.2) is 30.3 Å². The van der Waals surface area contributed by atoms with Crippen molar-refractivity contribution in [3.8, 4) is 0 Å². The van der Waals surface area contributed by atoms with Gasteiger partial charge in [0.15, 0.2) is 5.78 Å². The molecule has 8 nitrogen and oxygen atoms in total. The van der Waals surface area contributed by atoms with E-state index in [1.807, 2.05) is 20.8 Å². The van der Waals surface area contributed by atoms with Crippen molar-refractivity contribution in [3.05, 3.63) is 35.9 Å². The van der Waals surface area contributed by atoms with Crippen LogP contribution in [0.1, 0.15) is 46.1 Å². The van der Waals surface area contributed by atoms with Crippen molar-refractivity contribution in [1.82, 2.24) is 5.32 Å². The lowest BCUT2D eigenvalue weighted by atomic mass is 9.70. The van der Waals surface area contributed by atoms with Crippen LogP contribution in [-0.4, -0.2) is 40.8 Å². The molecule has 1 unspecified atom stereocenters. The first-order valence-electron chi connectivity index (χ1n) is 8.87. The molecular formula is C20H25NO7. The number of esters is 2. The Hall–Kier alpha value is -2.90. The van der Waals surface area contributed by atoms with Crippen molar-refractivity contribution in [2.45, 2.75) is 52.4 Å². The van der Waals surface area contributed by atoms with E-state index in [1.165, 1.54) is 13.8 Å². The minimum Gasteiger partial charge on any atom is -0.465 e. The van der Waals surface area contributed by atoms with Gasteiger partial charge >= 0.3 is 18.0 Å². The summed E-state index contributed by atoms with van der Waals surface area (Å²) in [7, 11) is 0. The van der Waals surface area contributed by atoms with Gasteiger partial charge in [-0.05, 0) is 11.0 Å². The van der Waals surface area contributed by atoms with Crippen LogP contribution >= 0.6 is 0 Å². The maximum Gasteiger partial charge on any atom is 0.405 e. The molecule has 0 aromatic heterocycles. The van der Waals surface area contributed by atoms with Crippen LogP contribution in [0.25, 0.3) is 0 Å². The predicted molar refractivity (Wildman–Crippen MR) is 98.3 cm³/mol. The zero-order valence-corrected chi connectivity index (χ0v) is 16.5. The molecule has 0 radical (unpaired) electrons. The van der Waals surface area contributed by atoms with Gasteiger partial charge in [0.1, 0.15) is 0 Å². The van der Waals surface area contributed by atoms with Crippen LogP contribution in [0.3, 0.4) is 0 Å². The van der Waals surface area contributed by atoms with Crippen LogP contribution in [0.4, 0.5) is 4.79 Å². The van der Waals surface area contributed by atoms with E-state index in [0.717, 1.165) is 0 Å². The number of hydrogen-bond donors (Lipinski definition) is 2. The fourth-order valence-electron chi connectivity index (χ4n) is 3.44. The molecule has 8 heteroatoms. The highest BCUT2D eigenvalue weighted by molar-refractivity contribution is 6.18. The van der Waals surface area contributed by atoms with Gasteiger partial charge in [-0.3, -0.25) is 14.4 Å². The van der Waals surface area contributed by atoms with Gasteiger partial charge in [-0.1, -0.05) is 51.1 Å². The van der Waals surface area contributed by atoms with E-state index in [9.17, 15) is 24.3 Å². The van der Waals surface area contributed by atoms with Gasteiger partial charge in [0.05, 0.1) is 6.04 Å². The van der Waals surface area contributed by atoms with Crippen LogP contribution < -0.4 is 5.32 Å². The van der Waals surface area contributed by atoms with Gasteiger partial charge in [0, 0.05) is 19.8 Å². The zero-order chi connectivity index (χ0) is 21.3. The summed E-state index contributed by atoms with van der Waals surface area (Å²) in [6.07, 6.45) is -1.44. The van der Waals surface area contributed by atoms with Gasteiger partial charge in [-0.2, -0.15) is 0 Å². The first kappa shape index (κ1) is 21.4. The Kier molecular flexibility index (Phi) is 5.82. The quantitative estimate of drug-likeness (QED) is 0.584. The first-order valence-corrected chi connectivity index (χ1v) is 8.87. The summed E-state index contributed by atoms with van der Waals surface area (Å²) in [6, 6.07) is 7.50. The standard InChI is InChI=1S/C20H25NO7/c1-19(2,3)13(11-9-7-6-8-10-11)14(21-18(25)26)15(22)12-16(23)27-20(4,5)28-17(12)24/h6-10,12-14,21H,1-5H3,(H,25,26)/t13-,14?/m1/s1. The Morgan fingerprint density at radius 3 is 2.00 bits per heavy atom. The second kappa shape index (κ2) is 7.61. The monoisotopic (exact) mass is 391 g/mol. The molecule has 1 amide bonds. The average molecular weight is 391 g/mol. The highest BCUT2D eigenvalue weighted by atomic mass is 16.7. The maximum absolute atomic E-state index is 13.2. The normalized spacial score (nSPS) is 19.2. The van der Waals surface area contributed by atoms with Crippen LogP contribution in [0.5, 0.6) is 0 Å². The highest BCUT2D eigenvalue weighted by Gasteiger charge is 2.52. The molecule has 1 fully saturated rings. The van der Waals surface area contributed by atoms with E-state index >= 15 is 0 Å². The summed E-state index contributed by atoms with van der Waals surface area (Å²) in [5.74, 6) is -6.99. The molecule has 1 aliphatic heterocycles. The number of ketones is 1. The van der Waals surface area contributed by atoms with Crippen LogP contribution in [0, 0.1) is 11.3 Å². The number of carbonyl (C=O) groups is 4. The lowest BCUT2D eigenvalue weighted by Gasteiger charge is -2.39. The number of ether oxygens (including phenoxy) is 2. The Balaban J connectivity index is 2.49. The minimum absolute atomic E-state index is 0.578. The third-order valence-corrected chi connectivity index (χ3v) is 4.46. The lowest BCUT2D eigenvalue weighted by Crippen LogP contribution is -2.56. The molecule has 0 saturated carbocycles. The fourth-order valence-corrected chi connectivity index (χ4v) is 3.44. The summed E-state index contributed by atoms with van der Waals surface area (Å²) >= 11 is 0. The number of nitrogens with one attached hydrogen (secondary N) is 1. The Morgan fingerprint density at radius 1 is 1.07 bits per heavy atom. The molecule has 0 aliphatic carbocycles. The number of carbonyl (C=O) groups excluding carboxylic acids is 3. The number of Topliss-reactive ketones (excluding diaryl/α,β-unsaturated/α-hetero) is 1. The summed E-state index contributed by atoms with van der Waals surface area (Å²) < 4.78 is 10.1. The van der Waals surface area contributed by atoms with Crippen molar-refractivity contribution in [1.29, 1.82) is 0 Å².